The van der Waals surface area contributed by atoms with Gasteiger partial charge >= 0.3 is 0 Å². The Morgan fingerprint density at radius 2 is 0.933 bits per heavy atom. The minimum absolute atomic E-state index is 0.663. The second kappa shape index (κ2) is 12.3. The van der Waals surface area contributed by atoms with Crippen molar-refractivity contribution in [2.75, 3.05) is 11.9 Å². The number of nitrogens with zero attached hydrogens (tertiary/aromatic N) is 2. The summed E-state index contributed by atoms with van der Waals surface area (Å²) >= 11 is 0. The molecule has 3 heteroatoms. The molecular formula is C42H32N3+. The van der Waals surface area contributed by atoms with E-state index in [0.29, 0.717) is 5.56 Å². The van der Waals surface area contributed by atoms with Crippen molar-refractivity contribution in [2.45, 2.75) is 0 Å². The van der Waals surface area contributed by atoms with Gasteiger partial charge in [-0.2, -0.15) is 5.26 Å². The van der Waals surface area contributed by atoms with Crippen LogP contribution < -0.4 is 9.80 Å². The maximum atomic E-state index is 9.11. The van der Waals surface area contributed by atoms with Crippen molar-refractivity contribution in [1.29, 1.82) is 5.26 Å². The van der Waals surface area contributed by atoms with Crippen molar-refractivity contribution >= 4 is 39.2 Å². The fourth-order valence-corrected chi connectivity index (χ4v) is 6.00. The van der Waals surface area contributed by atoms with Gasteiger partial charge in [0.25, 0.3) is 0 Å². The average molecular weight is 579 g/mol. The number of hydrogen-bond acceptors (Lipinski definition) is 2. The molecule has 0 aliphatic heterocycles. The van der Waals surface area contributed by atoms with E-state index in [1.165, 1.54) is 49.4 Å². The fourth-order valence-electron chi connectivity index (χ4n) is 6.00. The number of anilines is 2. The third kappa shape index (κ3) is 5.71. The van der Waals surface area contributed by atoms with Gasteiger partial charge in [0.2, 0.25) is 0 Å². The number of hydrogen-bond donors (Lipinski definition) is 1. The van der Waals surface area contributed by atoms with Gasteiger partial charge in [-0.3, -0.25) is 0 Å². The van der Waals surface area contributed by atoms with Gasteiger partial charge in [0.05, 0.1) is 11.6 Å². The highest BCUT2D eigenvalue weighted by molar-refractivity contribution is 5.91. The van der Waals surface area contributed by atoms with Crippen molar-refractivity contribution in [3.63, 3.8) is 0 Å². The predicted octanol–water partition coefficient (Wildman–Crippen LogP) is 9.99. The normalized spacial score (nSPS) is 11.6. The Morgan fingerprint density at radius 1 is 0.467 bits per heavy atom. The molecule has 0 aromatic heterocycles. The van der Waals surface area contributed by atoms with Crippen LogP contribution in [0.3, 0.4) is 0 Å². The highest BCUT2D eigenvalue weighted by atomic mass is 15.1. The van der Waals surface area contributed by atoms with Crippen LogP contribution in [0.25, 0.3) is 33.0 Å². The molecule has 1 atom stereocenters. The Labute approximate surface area is 264 Å². The van der Waals surface area contributed by atoms with E-state index in [2.05, 4.69) is 157 Å². The summed E-state index contributed by atoms with van der Waals surface area (Å²) < 4.78 is 0. The first-order valence-corrected chi connectivity index (χ1v) is 15.1. The van der Waals surface area contributed by atoms with Crippen LogP contribution in [0.5, 0.6) is 0 Å². The monoisotopic (exact) mass is 578 g/mol. The zero-order valence-electron chi connectivity index (χ0n) is 25.1. The topological polar surface area (TPSA) is 31.5 Å². The Hall–Kier alpha value is -5.95. The molecule has 1 unspecified atom stereocenters. The summed E-state index contributed by atoms with van der Waals surface area (Å²) in [6.45, 7) is 0. The van der Waals surface area contributed by atoms with Crippen molar-refractivity contribution in [3.05, 3.63) is 175 Å². The van der Waals surface area contributed by atoms with E-state index in [-0.39, 0.29) is 0 Å². The van der Waals surface area contributed by atoms with Crippen LogP contribution in [0.15, 0.2) is 170 Å². The Morgan fingerprint density at radius 3 is 1.51 bits per heavy atom. The van der Waals surface area contributed by atoms with E-state index in [1.807, 2.05) is 31.3 Å². The molecule has 0 radical (unpaired) electrons. The number of fused-ring (bicyclic) bond motifs is 1. The summed E-state index contributed by atoms with van der Waals surface area (Å²) in [7, 11) is 2.04. The van der Waals surface area contributed by atoms with Gasteiger partial charge < -0.3 is 4.90 Å². The first kappa shape index (κ1) is 27.9. The lowest BCUT2D eigenvalue weighted by Crippen LogP contribution is -2.96. The number of rotatable bonds is 7. The molecular weight excluding hydrogens is 546 g/mol. The molecule has 0 fully saturated rings. The predicted molar refractivity (Wildman–Crippen MR) is 187 cm³/mol. The number of nitriles is 1. The summed E-state index contributed by atoms with van der Waals surface area (Å²) in [6.07, 6.45) is 0. The largest absolute Gasteiger partial charge is 0.345 e. The van der Waals surface area contributed by atoms with Crippen LogP contribution in [0.4, 0.5) is 28.4 Å². The maximum Gasteiger partial charge on any atom is 0.149 e. The van der Waals surface area contributed by atoms with E-state index in [0.717, 1.165) is 16.9 Å². The lowest BCUT2D eigenvalue weighted by molar-refractivity contribution is -0.680. The van der Waals surface area contributed by atoms with Crippen LogP contribution >= 0.6 is 0 Å². The fraction of sp³-hybridized carbons (Fsp3) is 0.0238. The molecule has 0 heterocycles. The molecule has 1 N–H and O–H groups in total. The van der Waals surface area contributed by atoms with Gasteiger partial charge in [-0.1, -0.05) is 72.8 Å². The molecule has 7 aromatic rings. The maximum absolute atomic E-state index is 9.11. The summed E-state index contributed by atoms with van der Waals surface area (Å²) in [6, 6.07) is 62.0. The summed E-state index contributed by atoms with van der Waals surface area (Å²) in [5, 5.41) is 11.6. The SMILES string of the molecule is CN(c1ccc(C#N)cc1)c1ccc(-c2ccc([NH+](c3ccc(-c4ccccc4)cc3)c3cccc4ccccc34)cc2)cc1. The lowest BCUT2D eigenvalue weighted by Gasteiger charge is -2.21. The number of nitrogens with one attached hydrogen (secondary N) is 1. The van der Waals surface area contributed by atoms with Crippen molar-refractivity contribution in [3.8, 4) is 28.3 Å². The second-order valence-electron chi connectivity index (χ2n) is 11.2. The van der Waals surface area contributed by atoms with Crippen LogP contribution in [-0.4, -0.2) is 7.05 Å². The summed E-state index contributed by atoms with van der Waals surface area (Å²) in [4.78, 5) is 3.35. The molecule has 0 aliphatic carbocycles. The van der Waals surface area contributed by atoms with E-state index in [1.54, 1.807) is 0 Å². The Bertz CT molecular complexity index is 2090. The molecule has 0 saturated carbocycles. The first-order valence-electron chi connectivity index (χ1n) is 15.1. The van der Waals surface area contributed by atoms with Crippen molar-refractivity contribution < 1.29 is 4.90 Å². The average Bonchev–Trinajstić information content (AvgIpc) is 3.13. The summed E-state index contributed by atoms with van der Waals surface area (Å²) in [5.41, 5.74) is 11.1. The third-order valence-electron chi connectivity index (χ3n) is 8.48. The Balaban J connectivity index is 1.21. The number of benzene rings is 7. The van der Waals surface area contributed by atoms with Crippen LogP contribution in [0.1, 0.15) is 5.56 Å². The van der Waals surface area contributed by atoms with Gasteiger partial charge in [-0.05, 0) is 94.4 Å². The molecule has 3 nitrogen and oxygen atoms in total. The first-order chi connectivity index (χ1) is 22.2. The molecule has 0 spiro atoms. The smallest absolute Gasteiger partial charge is 0.149 e. The van der Waals surface area contributed by atoms with Crippen LogP contribution in [0, 0.1) is 11.3 Å². The minimum atomic E-state index is 0.663. The molecule has 45 heavy (non-hydrogen) atoms. The zero-order chi connectivity index (χ0) is 30.6. The van der Waals surface area contributed by atoms with E-state index >= 15 is 0 Å². The lowest BCUT2D eigenvalue weighted by atomic mass is 10.0. The standard InChI is InChI=1S/C42H31N3/c1-44(37-22-14-31(30-43)15-23-37)38-24-16-34(17-25-38)35-20-28-40(29-21-35)45(42-13-7-11-36-10-5-6-12-41(36)42)39-26-18-33(19-27-39)32-8-3-2-4-9-32/h2-29H,1H3/p+1. The number of quaternary nitrogens is 1. The minimum Gasteiger partial charge on any atom is -0.345 e. The highest BCUT2D eigenvalue weighted by Gasteiger charge is 2.22. The summed E-state index contributed by atoms with van der Waals surface area (Å²) in [5.74, 6) is 0. The van der Waals surface area contributed by atoms with Gasteiger partial charge in [0.15, 0.2) is 0 Å². The molecule has 7 aromatic carbocycles. The molecule has 0 amide bonds. The van der Waals surface area contributed by atoms with Gasteiger partial charge in [0.1, 0.15) is 17.1 Å². The van der Waals surface area contributed by atoms with Gasteiger partial charge in [-0.25, -0.2) is 4.90 Å². The third-order valence-corrected chi connectivity index (χ3v) is 8.48. The Kier molecular flexibility index (Phi) is 7.64. The molecule has 7 rings (SSSR count). The van der Waals surface area contributed by atoms with E-state index < -0.39 is 0 Å². The molecule has 0 bridgehead atoms. The molecule has 0 saturated heterocycles. The van der Waals surface area contributed by atoms with Gasteiger partial charge in [0, 0.05) is 54.1 Å². The quantitative estimate of drug-likeness (QED) is 0.204. The van der Waals surface area contributed by atoms with E-state index in [9.17, 15) is 0 Å². The molecule has 214 valence electrons. The van der Waals surface area contributed by atoms with Crippen molar-refractivity contribution in [1.82, 2.24) is 0 Å². The van der Waals surface area contributed by atoms with Crippen LogP contribution in [0.2, 0.25) is 0 Å². The second-order valence-corrected chi connectivity index (χ2v) is 11.2. The zero-order valence-corrected chi connectivity index (χ0v) is 25.1. The van der Waals surface area contributed by atoms with Gasteiger partial charge in [-0.15, -0.1) is 0 Å². The van der Waals surface area contributed by atoms with Crippen molar-refractivity contribution in [2.24, 2.45) is 0 Å². The highest BCUT2D eigenvalue weighted by Crippen LogP contribution is 2.30. The van der Waals surface area contributed by atoms with Crippen LogP contribution in [-0.2, 0) is 0 Å². The molecule has 0 aliphatic rings. The van der Waals surface area contributed by atoms with E-state index in [4.69, 9.17) is 5.26 Å².